The molecule has 0 unspecified atom stereocenters. The summed E-state index contributed by atoms with van der Waals surface area (Å²) in [5, 5.41) is 11.2. The topological polar surface area (TPSA) is 46.2 Å². The number of thiophene rings is 2. The van der Waals surface area contributed by atoms with Crippen LogP contribution in [0.3, 0.4) is 0 Å². The van der Waals surface area contributed by atoms with Crippen molar-refractivity contribution in [1.29, 1.82) is 0 Å². The first-order valence-corrected chi connectivity index (χ1v) is 4.37. The minimum atomic E-state index is 0.362. The lowest BCUT2D eigenvalue weighted by Crippen LogP contribution is -1.72. The molecule has 0 aliphatic carbocycles. The molecule has 0 amide bonds. The van der Waals surface area contributed by atoms with Crippen LogP contribution >= 0.6 is 22.7 Å². The maximum atomic E-state index is 9.02. The highest BCUT2D eigenvalue weighted by Gasteiger charge is 2.02. The van der Waals surface area contributed by atoms with E-state index in [0.29, 0.717) is 5.06 Å². The molecule has 3 N–H and O–H groups in total. The first kappa shape index (κ1) is 6.00. The molecule has 0 saturated heterocycles. The maximum Gasteiger partial charge on any atom is 0.173 e. The Kier molecular flexibility index (Phi) is 1.12. The molecule has 0 bridgehead atoms. The lowest BCUT2D eigenvalue weighted by atomic mass is 10.4. The Morgan fingerprint density at radius 3 is 2.80 bits per heavy atom. The Hall–Kier alpha value is -0.740. The number of rotatable bonds is 0. The highest BCUT2D eigenvalue weighted by molar-refractivity contribution is 7.40. The van der Waals surface area contributed by atoms with Crippen LogP contribution in [0.25, 0.3) is 9.40 Å². The van der Waals surface area contributed by atoms with Crippen LogP contribution in [0.5, 0.6) is 5.06 Å². The van der Waals surface area contributed by atoms with Crippen LogP contribution in [0.1, 0.15) is 0 Å². The second-order valence-corrected chi connectivity index (χ2v) is 4.35. The van der Waals surface area contributed by atoms with Gasteiger partial charge < -0.3 is 10.8 Å². The number of nitrogen functional groups attached to an aromatic ring is 1. The van der Waals surface area contributed by atoms with Crippen molar-refractivity contribution in [2.24, 2.45) is 0 Å². The second-order valence-electron chi connectivity index (χ2n) is 1.98. The fraction of sp³-hybridized carbons (Fsp3) is 0. The van der Waals surface area contributed by atoms with Gasteiger partial charge in [0.1, 0.15) is 0 Å². The van der Waals surface area contributed by atoms with Crippen LogP contribution in [-0.2, 0) is 0 Å². The van der Waals surface area contributed by atoms with Gasteiger partial charge >= 0.3 is 0 Å². The zero-order chi connectivity index (χ0) is 7.14. The summed E-state index contributed by atoms with van der Waals surface area (Å²) in [4.78, 5) is 0. The van der Waals surface area contributed by atoms with Gasteiger partial charge in [-0.3, -0.25) is 0 Å². The first-order valence-electron chi connectivity index (χ1n) is 2.73. The van der Waals surface area contributed by atoms with E-state index in [-0.39, 0.29) is 0 Å². The fourth-order valence-corrected chi connectivity index (χ4v) is 2.80. The third-order valence-electron chi connectivity index (χ3n) is 1.22. The van der Waals surface area contributed by atoms with Gasteiger partial charge in [-0.25, -0.2) is 0 Å². The molecular formula is C6H5NOS2. The van der Waals surface area contributed by atoms with Crippen molar-refractivity contribution in [3.8, 4) is 5.06 Å². The molecule has 10 heavy (non-hydrogen) atoms. The summed E-state index contributed by atoms with van der Waals surface area (Å²) in [6.07, 6.45) is 0. The largest absolute Gasteiger partial charge is 0.499 e. The molecule has 2 aromatic rings. The number of aromatic hydroxyl groups is 1. The smallest absolute Gasteiger partial charge is 0.173 e. The van der Waals surface area contributed by atoms with Crippen molar-refractivity contribution in [1.82, 2.24) is 0 Å². The Morgan fingerprint density at radius 2 is 2.10 bits per heavy atom. The second kappa shape index (κ2) is 1.87. The number of anilines is 1. The molecule has 0 atom stereocenters. The summed E-state index contributed by atoms with van der Waals surface area (Å²) in [5.41, 5.74) is 5.53. The van der Waals surface area contributed by atoms with E-state index in [4.69, 9.17) is 10.8 Å². The maximum absolute atomic E-state index is 9.02. The van der Waals surface area contributed by atoms with Crippen LogP contribution in [0.2, 0.25) is 0 Å². The summed E-state index contributed by atoms with van der Waals surface area (Å²) in [5.74, 6) is 0. The molecule has 0 aliphatic heterocycles. The predicted molar refractivity (Wildman–Crippen MR) is 45.8 cm³/mol. The lowest BCUT2D eigenvalue weighted by Gasteiger charge is -1.75. The van der Waals surface area contributed by atoms with E-state index >= 15 is 0 Å². The lowest BCUT2D eigenvalue weighted by molar-refractivity contribution is 0.491. The third-order valence-corrected chi connectivity index (χ3v) is 3.24. The summed E-state index contributed by atoms with van der Waals surface area (Å²) < 4.78 is 1.09. The van der Waals surface area contributed by atoms with Gasteiger partial charge in [-0.1, -0.05) is 11.3 Å². The SMILES string of the molecule is Nc1cc2cc(O)sc2s1. The van der Waals surface area contributed by atoms with Crippen LogP contribution < -0.4 is 5.73 Å². The molecule has 2 heterocycles. The average molecular weight is 171 g/mol. The van der Waals surface area contributed by atoms with Crippen molar-refractivity contribution in [3.63, 3.8) is 0 Å². The highest BCUT2D eigenvalue weighted by atomic mass is 32.2. The van der Waals surface area contributed by atoms with Crippen molar-refractivity contribution in [2.45, 2.75) is 0 Å². The van der Waals surface area contributed by atoms with E-state index in [1.54, 1.807) is 6.07 Å². The van der Waals surface area contributed by atoms with Crippen LogP contribution in [0.4, 0.5) is 5.00 Å². The van der Waals surface area contributed by atoms with E-state index in [0.717, 1.165) is 14.4 Å². The van der Waals surface area contributed by atoms with Gasteiger partial charge in [-0.15, -0.1) is 11.3 Å². The summed E-state index contributed by atoms with van der Waals surface area (Å²) >= 11 is 2.88. The number of hydrogen-bond donors (Lipinski definition) is 2. The molecule has 52 valence electrons. The van der Waals surface area contributed by atoms with E-state index in [1.165, 1.54) is 22.7 Å². The Morgan fingerprint density at radius 1 is 1.30 bits per heavy atom. The Labute approximate surface area is 65.5 Å². The van der Waals surface area contributed by atoms with Crippen molar-refractivity contribution >= 4 is 37.1 Å². The van der Waals surface area contributed by atoms with E-state index < -0.39 is 0 Å². The monoisotopic (exact) mass is 171 g/mol. The van der Waals surface area contributed by atoms with E-state index in [1.807, 2.05) is 6.07 Å². The normalized spacial score (nSPS) is 10.8. The van der Waals surface area contributed by atoms with Gasteiger partial charge in [0.15, 0.2) is 5.06 Å². The zero-order valence-corrected chi connectivity index (χ0v) is 6.63. The highest BCUT2D eigenvalue weighted by Crippen LogP contribution is 2.37. The average Bonchev–Trinajstić information content (AvgIpc) is 2.21. The quantitative estimate of drug-likeness (QED) is 0.638. The molecule has 0 spiro atoms. The van der Waals surface area contributed by atoms with Gasteiger partial charge in [0.25, 0.3) is 0 Å². The minimum absolute atomic E-state index is 0.362. The summed E-state index contributed by atoms with van der Waals surface area (Å²) in [6.45, 7) is 0. The molecule has 0 aromatic carbocycles. The van der Waals surface area contributed by atoms with E-state index in [2.05, 4.69) is 0 Å². The molecule has 0 saturated carbocycles. The summed E-state index contributed by atoms with van der Waals surface area (Å²) in [7, 11) is 0. The fourth-order valence-electron chi connectivity index (χ4n) is 0.845. The van der Waals surface area contributed by atoms with Gasteiger partial charge in [-0.2, -0.15) is 0 Å². The third kappa shape index (κ3) is 0.767. The molecule has 2 nitrogen and oxygen atoms in total. The minimum Gasteiger partial charge on any atom is -0.499 e. The molecular weight excluding hydrogens is 166 g/mol. The number of fused-ring (bicyclic) bond motifs is 1. The predicted octanol–water partition coefficient (Wildman–Crippen LogP) is 2.25. The molecule has 0 fully saturated rings. The number of hydrogen-bond acceptors (Lipinski definition) is 4. The first-order chi connectivity index (χ1) is 4.75. The van der Waals surface area contributed by atoms with Gasteiger partial charge in [-0.05, 0) is 6.07 Å². The van der Waals surface area contributed by atoms with Gasteiger partial charge in [0.2, 0.25) is 0 Å². The molecule has 2 rings (SSSR count). The van der Waals surface area contributed by atoms with Crippen LogP contribution in [0, 0.1) is 0 Å². The number of nitrogens with two attached hydrogens (primary N) is 1. The molecule has 4 heteroatoms. The molecule has 2 aromatic heterocycles. The Bertz CT molecular complexity index is 300. The molecule has 0 radical (unpaired) electrons. The standard InChI is InChI=1S/C6H5NOS2/c7-4-1-3-2-5(8)10-6(3)9-4/h1-2,8H,7H2. The molecule has 0 aliphatic rings. The van der Waals surface area contributed by atoms with Gasteiger partial charge in [0, 0.05) is 11.5 Å². The van der Waals surface area contributed by atoms with Gasteiger partial charge in [0.05, 0.1) is 9.01 Å². The Balaban J connectivity index is 2.83. The van der Waals surface area contributed by atoms with Crippen molar-refractivity contribution < 1.29 is 5.11 Å². The summed E-state index contributed by atoms with van der Waals surface area (Å²) in [6, 6.07) is 3.60. The van der Waals surface area contributed by atoms with Crippen molar-refractivity contribution in [3.05, 3.63) is 12.1 Å². The van der Waals surface area contributed by atoms with Crippen LogP contribution in [-0.4, -0.2) is 5.11 Å². The van der Waals surface area contributed by atoms with E-state index in [9.17, 15) is 0 Å². The van der Waals surface area contributed by atoms with Crippen molar-refractivity contribution in [2.75, 3.05) is 5.73 Å². The van der Waals surface area contributed by atoms with Crippen LogP contribution in [0.15, 0.2) is 12.1 Å². The zero-order valence-electron chi connectivity index (χ0n) is 5.00.